The second-order valence-corrected chi connectivity index (χ2v) is 7.12. The number of thiophene rings is 1. The summed E-state index contributed by atoms with van der Waals surface area (Å²) in [7, 11) is 0. The predicted octanol–water partition coefficient (Wildman–Crippen LogP) is 2.70. The van der Waals surface area contributed by atoms with Crippen LogP contribution in [0.2, 0.25) is 0 Å². The Morgan fingerprint density at radius 2 is 2.08 bits per heavy atom. The highest BCUT2D eigenvalue weighted by molar-refractivity contribution is 7.09. The molecular formula is C18H21FN2O2S. The summed E-state index contributed by atoms with van der Waals surface area (Å²) in [6.45, 7) is 1.19. The van der Waals surface area contributed by atoms with E-state index in [1.165, 1.54) is 12.1 Å². The summed E-state index contributed by atoms with van der Waals surface area (Å²) >= 11 is 1.61. The van der Waals surface area contributed by atoms with Crippen molar-refractivity contribution in [2.45, 2.75) is 31.5 Å². The number of amides is 1. The minimum absolute atomic E-state index is 0.0402. The Kier molecular flexibility index (Phi) is 5.60. The third-order valence-corrected chi connectivity index (χ3v) is 4.99. The van der Waals surface area contributed by atoms with E-state index in [1.54, 1.807) is 23.5 Å². The number of carbonyl (C=O) groups is 1. The first-order chi connectivity index (χ1) is 11.6. The van der Waals surface area contributed by atoms with Gasteiger partial charge < -0.3 is 10.4 Å². The maximum absolute atomic E-state index is 13.0. The van der Waals surface area contributed by atoms with Gasteiger partial charge in [0.15, 0.2) is 0 Å². The Balaban J connectivity index is 1.52. The van der Waals surface area contributed by atoms with Gasteiger partial charge in [-0.15, -0.1) is 11.3 Å². The first kappa shape index (κ1) is 17.1. The molecule has 2 N–H and O–H groups in total. The summed E-state index contributed by atoms with van der Waals surface area (Å²) in [6, 6.07) is 10.2. The van der Waals surface area contributed by atoms with Crippen molar-refractivity contribution in [3.8, 4) is 0 Å². The van der Waals surface area contributed by atoms with Crippen LogP contribution in [0.5, 0.6) is 0 Å². The lowest BCUT2D eigenvalue weighted by atomic mass is 10.1. The summed E-state index contributed by atoms with van der Waals surface area (Å²) in [5.41, 5.74) is 0.668. The van der Waals surface area contributed by atoms with Crippen LogP contribution in [0.15, 0.2) is 41.8 Å². The molecule has 1 atom stereocenters. The fourth-order valence-corrected chi connectivity index (χ4v) is 3.28. The van der Waals surface area contributed by atoms with E-state index in [0.29, 0.717) is 24.7 Å². The van der Waals surface area contributed by atoms with E-state index >= 15 is 0 Å². The Morgan fingerprint density at radius 3 is 2.71 bits per heavy atom. The normalized spacial score (nSPS) is 15.5. The quantitative estimate of drug-likeness (QED) is 0.771. The van der Waals surface area contributed by atoms with Crippen LogP contribution in [-0.2, 0) is 11.3 Å². The first-order valence-electron chi connectivity index (χ1n) is 8.08. The van der Waals surface area contributed by atoms with Crippen molar-refractivity contribution >= 4 is 17.2 Å². The molecule has 6 heteroatoms. The van der Waals surface area contributed by atoms with Gasteiger partial charge in [0.05, 0.1) is 19.2 Å². The molecule has 2 aromatic rings. The van der Waals surface area contributed by atoms with Crippen LogP contribution in [0, 0.1) is 5.82 Å². The molecule has 128 valence electrons. The van der Waals surface area contributed by atoms with Gasteiger partial charge in [0, 0.05) is 17.5 Å². The van der Waals surface area contributed by atoms with Crippen LogP contribution in [0.25, 0.3) is 0 Å². The monoisotopic (exact) mass is 348 g/mol. The van der Waals surface area contributed by atoms with Crippen LogP contribution in [-0.4, -0.2) is 35.0 Å². The molecule has 1 aromatic heterocycles. The second-order valence-electron chi connectivity index (χ2n) is 6.08. The number of hydrogen-bond acceptors (Lipinski definition) is 4. The zero-order valence-electron chi connectivity index (χ0n) is 13.3. The van der Waals surface area contributed by atoms with Crippen LogP contribution in [0.4, 0.5) is 4.39 Å². The Hall–Kier alpha value is -1.76. The fourth-order valence-electron chi connectivity index (χ4n) is 2.63. The molecule has 1 aliphatic rings. The van der Waals surface area contributed by atoms with Crippen LogP contribution in [0.3, 0.4) is 0 Å². The van der Waals surface area contributed by atoms with Gasteiger partial charge in [-0.25, -0.2) is 4.39 Å². The van der Waals surface area contributed by atoms with Crippen LogP contribution >= 0.6 is 11.3 Å². The van der Waals surface area contributed by atoms with Gasteiger partial charge in [0.25, 0.3) is 0 Å². The number of aliphatic hydroxyl groups is 1. The third-order valence-electron chi connectivity index (χ3n) is 4.11. The van der Waals surface area contributed by atoms with Gasteiger partial charge in [0.1, 0.15) is 5.82 Å². The number of aliphatic hydroxyl groups excluding tert-OH is 1. The van der Waals surface area contributed by atoms with Gasteiger partial charge in [-0.1, -0.05) is 18.2 Å². The SMILES string of the molecule is O=C(CN(C[C@H](O)c1ccc(F)cc1)C1CC1)NCc1cccs1. The highest BCUT2D eigenvalue weighted by atomic mass is 32.1. The number of nitrogens with zero attached hydrogens (tertiary/aromatic N) is 1. The molecule has 1 heterocycles. The maximum atomic E-state index is 13.0. The zero-order valence-corrected chi connectivity index (χ0v) is 14.1. The van der Waals surface area contributed by atoms with Crippen molar-refractivity contribution in [1.82, 2.24) is 10.2 Å². The fraction of sp³-hybridized carbons (Fsp3) is 0.389. The Morgan fingerprint density at radius 1 is 1.33 bits per heavy atom. The predicted molar refractivity (Wildman–Crippen MR) is 92.1 cm³/mol. The molecule has 0 unspecified atom stereocenters. The molecule has 1 aromatic carbocycles. The average molecular weight is 348 g/mol. The molecule has 1 saturated carbocycles. The summed E-state index contributed by atoms with van der Waals surface area (Å²) < 4.78 is 13.0. The molecule has 1 amide bonds. The molecule has 24 heavy (non-hydrogen) atoms. The van der Waals surface area contributed by atoms with Crippen LogP contribution < -0.4 is 5.32 Å². The number of benzene rings is 1. The minimum atomic E-state index is -0.726. The number of carbonyl (C=O) groups excluding carboxylic acids is 1. The molecule has 0 spiro atoms. The summed E-state index contributed by atoms with van der Waals surface area (Å²) in [5.74, 6) is -0.362. The van der Waals surface area contributed by atoms with Crippen molar-refractivity contribution in [3.05, 3.63) is 58.0 Å². The summed E-state index contributed by atoms with van der Waals surface area (Å²) in [5, 5.41) is 15.3. The van der Waals surface area contributed by atoms with E-state index in [2.05, 4.69) is 5.32 Å². The summed E-state index contributed by atoms with van der Waals surface area (Å²) in [6.07, 6.45) is 1.37. The molecule has 0 saturated heterocycles. The maximum Gasteiger partial charge on any atom is 0.234 e. The Bertz CT molecular complexity index is 656. The highest BCUT2D eigenvalue weighted by Crippen LogP contribution is 2.28. The van der Waals surface area contributed by atoms with E-state index in [9.17, 15) is 14.3 Å². The van der Waals surface area contributed by atoms with Gasteiger partial charge >= 0.3 is 0 Å². The minimum Gasteiger partial charge on any atom is -0.387 e. The third kappa shape index (κ3) is 4.87. The smallest absolute Gasteiger partial charge is 0.234 e. The molecular weight excluding hydrogens is 327 g/mol. The van der Waals surface area contributed by atoms with Gasteiger partial charge in [0.2, 0.25) is 5.91 Å². The van der Waals surface area contributed by atoms with Gasteiger partial charge in [-0.05, 0) is 42.0 Å². The summed E-state index contributed by atoms with van der Waals surface area (Å²) in [4.78, 5) is 15.3. The topological polar surface area (TPSA) is 52.6 Å². The molecule has 3 rings (SSSR count). The van der Waals surface area contributed by atoms with E-state index < -0.39 is 6.10 Å². The lowest BCUT2D eigenvalue weighted by Gasteiger charge is -2.24. The molecule has 4 nitrogen and oxygen atoms in total. The van der Waals surface area contributed by atoms with Crippen molar-refractivity contribution in [3.63, 3.8) is 0 Å². The first-order valence-corrected chi connectivity index (χ1v) is 8.96. The highest BCUT2D eigenvalue weighted by Gasteiger charge is 2.31. The molecule has 1 aliphatic carbocycles. The number of nitrogens with one attached hydrogen (secondary N) is 1. The number of halogens is 1. The van der Waals surface area contributed by atoms with Crippen molar-refractivity contribution < 1.29 is 14.3 Å². The number of hydrogen-bond donors (Lipinski definition) is 2. The Labute approximate surface area is 144 Å². The molecule has 1 fully saturated rings. The van der Waals surface area contributed by atoms with Gasteiger partial charge in [-0.3, -0.25) is 9.69 Å². The van der Waals surface area contributed by atoms with Crippen molar-refractivity contribution in [2.24, 2.45) is 0 Å². The van der Waals surface area contributed by atoms with E-state index in [1.807, 2.05) is 22.4 Å². The van der Waals surface area contributed by atoms with E-state index in [4.69, 9.17) is 0 Å². The standard InChI is InChI=1S/C18H21FN2O2S/c19-14-5-3-13(4-6-14)17(22)11-21(15-7-8-15)12-18(23)20-10-16-2-1-9-24-16/h1-6,9,15,17,22H,7-8,10-12H2,(H,20,23)/t17-/m0/s1. The molecule has 0 radical (unpaired) electrons. The molecule has 0 aliphatic heterocycles. The average Bonchev–Trinajstić information content (AvgIpc) is 3.29. The van der Waals surface area contributed by atoms with E-state index in [0.717, 1.165) is 17.7 Å². The number of rotatable bonds is 8. The molecule has 0 bridgehead atoms. The largest absolute Gasteiger partial charge is 0.387 e. The van der Waals surface area contributed by atoms with Gasteiger partial charge in [-0.2, -0.15) is 0 Å². The van der Waals surface area contributed by atoms with Crippen molar-refractivity contribution in [1.29, 1.82) is 0 Å². The lowest BCUT2D eigenvalue weighted by Crippen LogP contribution is -2.40. The zero-order chi connectivity index (χ0) is 16.9. The van der Waals surface area contributed by atoms with Crippen molar-refractivity contribution in [2.75, 3.05) is 13.1 Å². The lowest BCUT2D eigenvalue weighted by molar-refractivity contribution is -0.122. The van der Waals surface area contributed by atoms with Crippen LogP contribution in [0.1, 0.15) is 29.4 Å². The second kappa shape index (κ2) is 7.88. The van der Waals surface area contributed by atoms with E-state index in [-0.39, 0.29) is 18.3 Å².